The van der Waals surface area contributed by atoms with Crippen LogP contribution < -0.4 is 10.8 Å². The molecule has 10 nitrogen and oxygen atoms in total. The van der Waals surface area contributed by atoms with E-state index in [1.54, 1.807) is 13.8 Å². The van der Waals surface area contributed by atoms with Gasteiger partial charge in [0, 0.05) is 24.4 Å². The van der Waals surface area contributed by atoms with E-state index in [9.17, 15) is 18.9 Å². The van der Waals surface area contributed by atoms with Gasteiger partial charge in [-0.1, -0.05) is 11.4 Å². The van der Waals surface area contributed by atoms with Gasteiger partial charge in [-0.15, -0.1) is 0 Å². The molecular weight excluding hydrogens is 387 g/mol. The Morgan fingerprint density at radius 1 is 1.23 bits per heavy atom. The van der Waals surface area contributed by atoms with E-state index < -0.39 is 30.7 Å². The lowest BCUT2D eigenvalue weighted by Crippen LogP contribution is -2.34. The second kappa shape index (κ2) is 12.9. The molecule has 150 valence electrons. The zero-order valence-electron chi connectivity index (χ0n) is 14.9. The molecule has 0 heterocycles. The first-order valence-electron chi connectivity index (χ1n) is 7.75. The summed E-state index contributed by atoms with van der Waals surface area (Å²) in [6.07, 6.45) is 1.06. The van der Waals surface area contributed by atoms with Crippen LogP contribution in [0.1, 0.15) is 20.8 Å². The van der Waals surface area contributed by atoms with Crippen LogP contribution >= 0.6 is 18.1 Å². The van der Waals surface area contributed by atoms with Crippen LogP contribution in [-0.2, 0) is 32.9 Å². The van der Waals surface area contributed by atoms with Crippen LogP contribution in [0.2, 0.25) is 0 Å². The maximum atomic E-state index is 12.8. The maximum absolute atomic E-state index is 12.8. The Hall–Kier alpha value is -1.39. The molecule has 0 bridgehead atoms. The molecular formula is C14H25N2O8PS. The quantitative estimate of drug-likeness (QED) is 0.171. The van der Waals surface area contributed by atoms with Gasteiger partial charge in [-0.3, -0.25) is 9.36 Å². The molecule has 0 saturated carbocycles. The molecule has 0 aromatic rings. The Balaban J connectivity index is 4.57. The molecule has 0 aromatic carbocycles. The topological polar surface area (TPSA) is 154 Å². The first kappa shape index (κ1) is 24.6. The van der Waals surface area contributed by atoms with E-state index in [2.05, 4.69) is 5.09 Å². The van der Waals surface area contributed by atoms with Gasteiger partial charge in [0.15, 0.2) is 0 Å². The summed E-state index contributed by atoms with van der Waals surface area (Å²) < 4.78 is 27.8. The van der Waals surface area contributed by atoms with Crippen LogP contribution in [0.4, 0.5) is 0 Å². The summed E-state index contributed by atoms with van der Waals surface area (Å²) in [5.74, 6) is -2.42. The third kappa shape index (κ3) is 12.0. The summed E-state index contributed by atoms with van der Waals surface area (Å²) in [5, 5.41) is 11.0. The van der Waals surface area contributed by atoms with Gasteiger partial charge in [-0.25, -0.2) is 14.7 Å². The molecule has 0 aliphatic rings. The number of nitrogens with one attached hydrogen (secondary N) is 1. The van der Waals surface area contributed by atoms with E-state index in [-0.39, 0.29) is 25.9 Å². The highest BCUT2D eigenvalue weighted by atomic mass is 32.7. The monoisotopic (exact) mass is 412 g/mol. The van der Waals surface area contributed by atoms with E-state index in [0.717, 1.165) is 17.5 Å². The minimum Gasteiger partial charge on any atom is -0.478 e. The average molecular weight is 412 g/mol. The molecule has 0 radical (unpaired) electrons. The summed E-state index contributed by atoms with van der Waals surface area (Å²) in [6, 6.07) is -0.880. The van der Waals surface area contributed by atoms with E-state index in [1.165, 1.54) is 6.92 Å². The molecule has 2 atom stereocenters. The van der Waals surface area contributed by atoms with Crippen LogP contribution in [0.15, 0.2) is 12.2 Å². The second-order valence-electron chi connectivity index (χ2n) is 5.13. The number of carbonyl (C=O) groups is 3. The van der Waals surface area contributed by atoms with Crippen LogP contribution in [0.3, 0.4) is 0 Å². The van der Waals surface area contributed by atoms with Crippen LogP contribution in [-0.4, -0.2) is 60.7 Å². The number of rotatable bonds is 13. The van der Waals surface area contributed by atoms with Crippen LogP contribution in [0, 0.1) is 0 Å². The average Bonchev–Trinajstić information content (AvgIpc) is 2.54. The predicted octanol–water partition coefficient (Wildman–Crippen LogP) is 0.917. The van der Waals surface area contributed by atoms with Crippen molar-refractivity contribution in [1.29, 1.82) is 0 Å². The summed E-state index contributed by atoms with van der Waals surface area (Å²) in [7, 11) is 0. The van der Waals surface area contributed by atoms with Crippen LogP contribution in [0.5, 0.6) is 0 Å². The van der Waals surface area contributed by atoms with Gasteiger partial charge in [0.25, 0.3) is 0 Å². The van der Waals surface area contributed by atoms with Crippen molar-refractivity contribution in [3.05, 3.63) is 12.2 Å². The van der Waals surface area contributed by atoms with Crippen molar-refractivity contribution in [3.8, 4) is 0 Å². The third-order valence-electron chi connectivity index (χ3n) is 2.39. The maximum Gasteiger partial charge on any atom is 0.331 e. The number of carbonyl (C=O) groups excluding carboxylic acids is 2. The number of carboxylic acid groups (broad SMARTS) is 1. The molecule has 0 unspecified atom stereocenters. The zero-order valence-corrected chi connectivity index (χ0v) is 16.6. The first-order chi connectivity index (χ1) is 12.1. The fourth-order valence-corrected chi connectivity index (χ4v) is 5.04. The van der Waals surface area contributed by atoms with Crippen molar-refractivity contribution < 1.29 is 38.1 Å². The van der Waals surface area contributed by atoms with Gasteiger partial charge < -0.3 is 24.8 Å². The molecule has 0 aromatic heterocycles. The van der Waals surface area contributed by atoms with E-state index in [1.807, 2.05) is 0 Å². The predicted molar refractivity (Wildman–Crippen MR) is 96.6 cm³/mol. The van der Waals surface area contributed by atoms with Gasteiger partial charge >= 0.3 is 24.6 Å². The lowest BCUT2D eigenvalue weighted by Gasteiger charge is -2.22. The van der Waals surface area contributed by atoms with E-state index >= 15 is 0 Å². The smallest absolute Gasteiger partial charge is 0.331 e. The van der Waals surface area contributed by atoms with Gasteiger partial charge in [0.2, 0.25) is 0 Å². The molecule has 0 fully saturated rings. The van der Waals surface area contributed by atoms with Crippen molar-refractivity contribution in [3.63, 3.8) is 0 Å². The molecule has 0 aliphatic heterocycles. The first-order valence-corrected chi connectivity index (χ1v) is 11.0. The van der Waals surface area contributed by atoms with Crippen molar-refractivity contribution >= 4 is 36.0 Å². The molecule has 4 N–H and O–H groups in total. The highest BCUT2D eigenvalue weighted by Gasteiger charge is 2.30. The summed E-state index contributed by atoms with van der Waals surface area (Å²) in [4.78, 5) is 33.3. The summed E-state index contributed by atoms with van der Waals surface area (Å²) in [6.45, 7) is 1.15. The van der Waals surface area contributed by atoms with Crippen molar-refractivity contribution in [2.24, 2.45) is 5.73 Å². The number of esters is 2. The van der Waals surface area contributed by atoms with E-state index in [4.69, 9.17) is 24.8 Å². The molecule has 0 saturated heterocycles. The number of ether oxygens (including phenoxy) is 2. The van der Waals surface area contributed by atoms with E-state index in [0.29, 0.717) is 11.8 Å². The lowest BCUT2D eigenvalue weighted by molar-refractivity contribution is -0.149. The number of hydrogen-bond donors (Lipinski definition) is 3. The lowest BCUT2D eigenvalue weighted by atomic mass is 10.4. The van der Waals surface area contributed by atoms with Gasteiger partial charge in [0.1, 0.15) is 12.6 Å². The summed E-state index contributed by atoms with van der Waals surface area (Å²) in [5.41, 5.74) is 5.40. The zero-order chi connectivity index (χ0) is 20.2. The summed E-state index contributed by atoms with van der Waals surface area (Å²) >= 11 is 0.919. The normalized spacial score (nSPS) is 14.8. The van der Waals surface area contributed by atoms with Crippen molar-refractivity contribution in [2.75, 3.05) is 25.5 Å². The fourth-order valence-electron chi connectivity index (χ4n) is 1.40. The van der Waals surface area contributed by atoms with Crippen molar-refractivity contribution in [1.82, 2.24) is 5.09 Å². The van der Waals surface area contributed by atoms with Gasteiger partial charge in [-0.05, 0) is 20.8 Å². The molecule has 0 aliphatic carbocycles. The Labute approximate surface area is 156 Å². The number of hydrogen-bond acceptors (Lipinski definition) is 9. The number of nitrogens with two attached hydrogens (primary N) is 1. The Morgan fingerprint density at radius 2 is 1.88 bits per heavy atom. The Kier molecular flexibility index (Phi) is 12.2. The largest absolute Gasteiger partial charge is 0.478 e. The Bertz CT molecular complexity index is 555. The Morgan fingerprint density at radius 3 is 2.42 bits per heavy atom. The number of aliphatic carboxylic acids is 1. The van der Waals surface area contributed by atoms with Gasteiger partial charge in [-0.2, -0.15) is 0 Å². The van der Waals surface area contributed by atoms with Crippen molar-refractivity contribution in [2.45, 2.75) is 32.9 Å². The minimum atomic E-state index is -3.50. The van der Waals surface area contributed by atoms with Gasteiger partial charge in [0.05, 0.1) is 12.7 Å². The molecule has 0 amide bonds. The highest BCUT2D eigenvalue weighted by Crippen LogP contribution is 2.55. The second-order valence-corrected chi connectivity index (χ2v) is 9.52. The van der Waals surface area contributed by atoms with Crippen LogP contribution in [0.25, 0.3) is 0 Å². The highest BCUT2D eigenvalue weighted by molar-refractivity contribution is 8.56. The molecule has 12 heteroatoms. The number of carboxylic acids is 1. The standard InChI is InChI=1S/C14H25N2O8PS/c1-10(2)24-14(20)11(3)16-25(21,26-9-6-15)23-8-7-22-13(19)5-4-12(17)18/h4-5,10-11H,6-9,15H2,1-3H3,(H,16,21)(H,17,18)/b5-4+/t11-,25+/m0/s1. The molecule has 0 rings (SSSR count). The third-order valence-corrected chi connectivity index (χ3v) is 6.57. The molecule has 0 spiro atoms. The molecule has 26 heavy (non-hydrogen) atoms. The minimum absolute atomic E-state index is 0.222. The fraction of sp³-hybridized carbons (Fsp3) is 0.643. The SMILES string of the molecule is CC(C)OC(=O)[C@H](C)N[P@@](=O)(OCCOC(=O)/C=C/C(=O)O)SCCN.